The number of halogens is 1. The Kier molecular flexibility index (Phi) is 3.76. The second-order valence-corrected chi connectivity index (χ2v) is 8.25. The number of benzene rings is 2. The van der Waals surface area contributed by atoms with E-state index < -0.39 is 5.97 Å². The summed E-state index contributed by atoms with van der Waals surface area (Å²) in [5, 5.41) is 20.4. The molecule has 0 atom stereocenters. The van der Waals surface area contributed by atoms with E-state index in [4.69, 9.17) is 0 Å². The van der Waals surface area contributed by atoms with Crippen LogP contribution in [0.15, 0.2) is 36.4 Å². The van der Waals surface area contributed by atoms with Gasteiger partial charge in [0.25, 0.3) is 0 Å². The maximum Gasteiger partial charge on any atom is 0.306 e. The molecule has 2 aliphatic rings. The lowest BCUT2D eigenvalue weighted by Crippen LogP contribution is -2.29. The number of carboxylic acid groups (broad SMARTS) is 1. The number of aliphatic carboxylic acids is 1. The maximum atomic E-state index is 13.9. The number of aromatic nitrogens is 1. The predicted molar refractivity (Wildman–Crippen MR) is 105 cm³/mol. The minimum Gasteiger partial charge on any atom is -0.508 e. The predicted octanol–water partition coefficient (Wildman–Crippen LogP) is 5.24. The molecule has 2 fully saturated rings. The van der Waals surface area contributed by atoms with Crippen LogP contribution < -0.4 is 0 Å². The van der Waals surface area contributed by atoms with Crippen LogP contribution in [0, 0.1) is 18.7 Å². The summed E-state index contributed by atoms with van der Waals surface area (Å²) in [4.78, 5) is 11.3. The van der Waals surface area contributed by atoms with E-state index >= 15 is 0 Å². The summed E-state index contributed by atoms with van der Waals surface area (Å²) in [6.45, 7) is 1.76. The van der Waals surface area contributed by atoms with Gasteiger partial charge in [-0.05, 0) is 92.0 Å². The molecule has 2 aromatic carbocycles. The van der Waals surface area contributed by atoms with Gasteiger partial charge in [-0.25, -0.2) is 4.39 Å². The van der Waals surface area contributed by atoms with Gasteiger partial charge < -0.3 is 14.8 Å². The van der Waals surface area contributed by atoms with Crippen molar-refractivity contribution in [3.63, 3.8) is 0 Å². The van der Waals surface area contributed by atoms with E-state index in [9.17, 15) is 19.4 Å². The molecule has 0 bridgehead atoms. The first-order valence-corrected chi connectivity index (χ1v) is 9.80. The highest BCUT2D eigenvalue weighted by Gasteiger charge is 2.41. The summed E-state index contributed by atoms with van der Waals surface area (Å²) in [7, 11) is 0. The van der Waals surface area contributed by atoms with Crippen molar-refractivity contribution in [3.8, 4) is 11.4 Å². The monoisotopic (exact) mass is 379 g/mol. The molecule has 2 saturated carbocycles. The Bertz CT molecular complexity index is 1110. The van der Waals surface area contributed by atoms with Gasteiger partial charge >= 0.3 is 5.97 Å². The summed E-state index contributed by atoms with van der Waals surface area (Å²) in [6.07, 6.45) is 3.47. The van der Waals surface area contributed by atoms with Crippen LogP contribution in [0.25, 0.3) is 16.6 Å². The Balaban J connectivity index is 1.75. The average molecular weight is 379 g/mol. The molecule has 0 saturated heterocycles. The number of phenolic OH excluding ortho intramolecular Hbond substituents is 1. The van der Waals surface area contributed by atoms with E-state index in [1.54, 1.807) is 25.1 Å². The Morgan fingerprint density at radius 1 is 1.11 bits per heavy atom. The minimum atomic E-state index is -0.732. The Labute approximate surface area is 162 Å². The van der Waals surface area contributed by atoms with Gasteiger partial charge in [-0.1, -0.05) is 0 Å². The first kappa shape index (κ1) is 17.3. The summed E-state index contributed by atoms with van der Waals surface area (Å²) in [5.74, 6) is -0.430. The van der Waals surface area contributed by atoms with Gasteiger partial charge in [-0.15, -0.1) is 0 Å². The van der Waals surface area contributed by atoms with E-state index in [1.165, 1.54) is 17.3 Å². The lowest BCUT2D eigenvalue weighted by Gasteiger charge is -2.33. The second-order valence-electron chi connectivity index (χ2n) is 8.25. The highest BCUT2D eigenvalue weighted by molar-refractivity contribution is 5.90. The third-order valence-corrected chi connectivity index (χ3v) is 6.29. The summed E-state index contributed by atoms with van der Waals surface area (Å²) >= 11 is 0. The maximum absolute atomic E-state index is 13.9. The van der Waals surface area contributed by atoms with Crippen LogP contribution in [0.1, 0.15) is 54.3 Å². The molecule has 0 aliphatic heterocycles. The SMILES string of the molecule is Cc1cc(-n2c(C3CC3)c([C@H]3C[C@H](C(=O)O)C3)c3cc(O)ccc32)ccc1F. The van der Waals surface area contributed by atoms with Crippen molar-refractivity contribution in [2.24, 2.45) is 5.92 Å². The number of phenols is 1. The average Bonchev–Trinajstić information content (AvgIpc) is 3.39. The van der Waals surface area contributed by atoms with Crippen molar-refractivity contribution in [2.75, 3.05) is 0 Å². The van der Waals surface area contributed by atoms with Crippen LogP contribution in [0.5, 0.6) is 5.75 Å². The van der Waals surface area contributed by atoms with Crippen LogP contribution >= 0.6 is 0 Å². The summed E-state index contributed by atoms with van der Waals surface area (Å²) in [5.41, 5.74) is 4.88. The van der Waals surface area contributed by atoms with Crippen molar-refractivity contribution in [3.05, 3.63) is 59.0 Å². The highest BCUT2D eigenvalue weighted by atomic mass is 19.1. The van der Waals surface area contributed by atoms with Crippen molar-refractivity contribution >= 4 is 16.9 Å². The number of carbonyl (C=O) groups is 1. The number of hydrogen-bond acceptors (Lipinski definition) is 2. The van der Waals surface area contributed by atoms with Gasteiger partial charge in [0.15, 0.2) is 0 Å². The molecule has 28 heavy (non-hydrogen) atoms. The third-order valence-electron chi connectivity index (χ3n) is 6.29. The number of carboxylic acids is 1. The lowest BCUT2D eigenvalue weighted by molar-refractivity contribution is -0.145. The fraction of sp³-hybridized carbons (Fsp3) is 0.348. The van der Waals surface area contributed by atoms with Gasteiger partial charge in [0.05, 0.1) is 11.4 Å². The molecule has 0 radical (unpaired) electrons. The van der Waals surface area contributed by atoms with Crippen LogP contribution in [-0.2, 0) is 4.79 Å². The van der Waals surface area contributed by atoms with Crippen molar-refractivity contribution in [2.45, 2.75) is 44.4 Å². The smallest absolute Gasteiger partial charge is 0.306 e. The normalized spacial score (nSPS) is 21.6. The molecule has 3 aromatic rings. The Morgan fingerprint density at radius 3 is 2.50 bits per heavy atom. The number of rotatable bonds is 4. The topological polar surface area (TPSA) is 62.5 Å². The highest BCUT2D eigenvalue weighted by Crippen LogP contribution is 2.53. The number of fused-ring (bicyclic) bond motifs is 1. The van der Waals surface area contributed by atoms with Crippen molar-refractivity contribution in [1.82, 2.24) is 4.57 Å². The third kappa shape index (κ3) is 2.60. The van der Waals surface area contributed by atoms with Crippen molar-refractivity contribution < 1.29 is 19.4 Å². The summed E-state index contributed by atoms with van der Waals surface area (Å²) in [6, 6.07) is 10.5. The van der Waals surface area contributed by atoms with Gasteiger partial charge in [-0.3, -0.25) is 4.79 Å². The molecule has 0 amide bonds. The zero-order valence-corrected chi connectivity index (χ0v) is 15.7. The number of aromatic hydroxyl groups is 1. The minimum absolute atomic E-state index is 0.184. The number of nitrogens with zero attached hydrogens (tertiary/aromatic N) is 1. The van der Waals surface area contributed by atoms with E-state index in [1.807, 2.05) is 12.1 Å². The molecular formula is C23H22FNO3. The first-order chi connectivity index (χ1) is 13.4. The van der Waals surface area contributed by atoms with E-state index in [0.29, 0.717) is 24.3 Å². The van der Waals surface area contributed by atoms with E-state index in [-0.39, 0.29) is 23.4 Å². The Hall–Kier alpha value is -2.82. The van der Waals surface area contributed by atoms with Crippen LogP contribution in [0.2, 0.25) is 0 Å². The molecule has 5 heteroatoms. The van der Waals surface area contributed by atoms with E-state index in [2.05, 4.69) is 4.57 Å². The second kappa shape index (κ2) is 6.09. The fourth-order valence-corrected chi connectivity index (χ4v) is 4.61. The molecule has 0 spiro atoms. The van der Waals surface area contributed by atoms with Gasteiger partial charge in [0.1, 0.15) is 11.6 Å². The molecule has 4 nitrogen and oxygen atoms in total. The van der Waals surface area contributed by atoms with Crippen molar-refractivity contribution in [1.29, 1.82) is 0 Å². The Morgan fingerprint density at radius 2 is 1.86 bits per heavy atom. The molecule has 2 aliphatic carbocycles. The van der Waals surface area contributed by atoms with Gasteiger partial charge in [0, 0.05) is 16.8 Å². The molecular weight excluding hydrogens is 357 g/mol. The van der Waals surface area contributed by atoms with Gasteiger partial charge in [0.2, 0.25) is 0 Å². The molecule has 1 aromatic heterocycles. The lowest BCUT2D eigenvalue weighted by atomic mass is 9.70. The number of aryl methyl sites for hydroxylation is 1. The first-order valence-electron chi connectivity index (χ1n) is 9.80. The largest absolute Gasteiger partial charge is 0.508 e. The molecule has 144 valence electrons. The standard InChI is InChI=1S/C23H22FNO3/c1-12-8-16(4-6-19(12)24)25-20-7-5-17(26)11-18(20)21(22(25)13-2-3-13)14-9-15(10-14)23(27)28/h4-8,11,13-15,26H,2-3,9-10H2,1H3,(H,27,28)/t14-,15-. The van der Waals surface area contributed by atoms with Crippen LogP contribution in [0.4, 0.5) is 4.39 Å². The molecule has 0 unspecified atom stereocenters. The molecule has 2 N–H and O–H groups in total. The molecule has 1 heterocycles. The quantitative estimate of drug-likeness (QED) is 0.652. The van der Waals surface area contributed by atoms with Gasteiger partial charge in [-0.2, -0.15) is 0 Å². The van der Waals surface area contributed by atoms with Crippen LogP contribution in [-0.4, -0.2) is 20.7 Å². The summed E-state index contributed by atoms with van der Waals surface area (Å²) < 4.78 is 16.1. The fourth-order valence-electron chi connectivity index (χ4n) is 4.61. The number of hydrogen-bond donors (Lipinski definition) is 2. The van der Waals surface area contributed by atoms with Crippen LogP contribution in [0.3, 0.4) is 0 Å². The van der Waals surface area contributed by atoms with E-state index in [0.717, 1.165) is 29.4 Å². The zero-order valence-electron chi connectivity index (χ0n) is 15.7. The zero-order chi connectivity index (χ0) is 19.6. The molecule has 5 rings (SSSR count).